The average Bonchev–Trinajstić information content (AvgIpc) is 3.25. The van der Waals surface area contributed by atoms with Gasteiger partial charge < -0.3 is 14.8 Å². The summed E-state index contributed by atoms with van der Waals surface area (Å²) >= 11 is 0. The second-order valence-corrected chi connectivity index (χ2v) is 5.76. The fraction of sp³-hybridized carbons (Fsp3) is 0.800. The van der Waals surface area contributed by atoms with Gasteiger partial charge >= 0.3 is 0 Å². The first kappa shape index (κ1) is 15.9. The normalized spacial score (nSPS) is 21.5. The molecule has 0 radical (unpaired) electrons. The van der Waals surface area contributed by atoms with Crippen molar-refractivity contribution < 1.29 is 14.3 Å². The molecule has 0 spiro atoms. The zero-order chi connectivity index (χ0) is 15.2. The highest BCUT2D eigenvalue weighted by atomic mass is 16.5. The summed E-state index contributed by atoms with van der Waals surface area (Å²) in [4.78, 5) is 12.2. The van der Waals surface area contributed by atoms with Crippen molar-refractivity contribution in [2.45, 2.75) is 49.7 Å². The second kappa shape index (κ2) is 7.01. The summed E-state index contributed by atoms with van der Waals surface area (Å²) in [5.74, 6) is 2.61. The molecule has 2 rings (SSSR count). The molecule has 0 aliphatic carbocycles. The number of rotatable bonds is 8. The Morgan fingerprint density at radius 3 is 2.67 bits per heavy atom. The molecule has 0 bridgehead atoms. The minimum absolute atomic E-state index is 0.0198. The van der Waals surface area contributed by atoms with E-state index in [2.05, 4.69) is 21.5 Å². The lowest BCUT2D eigenvalue weighted by atomic mass is 9.90. The minimum atomic E-state index is -0.395. The maximum Gasteiger partial charge on any atom is 0.220 e. The average molecular weight is 293 g/mol. The van der Waals surface area contributed by atoms with Crippen molar-refractivity contribution in [3.63, 3.8) is 0 Å². The van der Waals surface area contributed by atoms with E-state index >= 15 is 0 Å². The number of hydrogen-bond donors (Lipinski definition) is 1. The predicted molar refractivity (Wildman–Crippen MR) is 77.7 cm³/mol. The molecule has 2 aliphatic rings. The molecule has 0 unspecified atom stereocenters. The maximum absolute atomic E-state index is 12.2. The molecule has 21 heavy (non-hydrogen) atoms. The molecule has 1 amide bonds. The van der Waals surface area contributed by atoms with E-state index in [1.165, 1.54) is 0 Å². The minimum Gasteiger partial charge on any atom is -0.382 e. The zero-order valence-electron chi connectivity index (χ0n) is 12.6. The number of nitrogens with one attached hydrogen (secondary N) is 1. The van der Waals surface area contributed by atoms with Crippen molar-refractivity contribution in [3.05, 3.63) is 0 Å². The molecule has 0 aromatic rings. The number of carbonyl (C=O) groups excluding carboxylic acids is 1. The third kappa shape index (κ3) is 4.51. The van der Waals surface area contributed by atoms with Crippen LogP contribution in [0.25, 0.3) is 0 Å². The van der Waals surface area contributed by atoms with Gasteiger partial charge in [0.1, 0.15) is 0 Å². The lowest BCUT2D eigenvalue weighted by molar-refractivity contribution is -0.125. The molecule has 116 valence electrons. The maximum atomic E-state index is 12.2. The van der Waals surface area contributed by atoms with Crippen LogP contribution in [0.4, 0.5) is 0 Å². The van der Waals surface area contributed by atoms with Crippen molar-refractivity contribution in [1.82, 2.24) is 5.32 Å². The molecule has 6 heteroatoms. The Morgan fingerprint density at radius 2 is 2.10 bits per heavy atom. The molecular formula is C15H23N3O3. The van der Waals surface area contributed by atoms with Crippen LogP contribution >= 0.6 is 0 Å². The Labute approximate surface area is 125 Å². The van der Waals surface area contributed by atoms with E-state index in [1.54, 1.807) is 7.11 Å². The third-order valence-electron chi connectivity index (χ3n) is 4.08. The SMILES string of the molecule is C#CCCC1(CCC(=O)NC2(COC)CCOCC2)N=N1. The van der Waals surface area contributed by atoms with E-state index < -0.39 is 5.66 Å². The van der Waals surface area contributed by atoms with Crippen LogP contribution in [0.1, 0.15) is 38.5 Å². The van der Waals surface area contributed by atoms with Gasteiger partial charge in [0.05, 0.1) is 12.1 Å². The Bertz CT molecular complexity index is 424. The zero-order valence-corrected chi connectivity index (χ0v) is 12.6. The van der Waals surface area contributed by atoms with Crippen LogP contribution in [0.2, 0.25) is 0 Å². The quantitative estimate of drug-likeness (QED) is 0.692. The Morgan fingerprint density at radius 1 is 1.38 bits per heavy atom. The Kier molecular flexibility index (Phi) is 5.32. The molecule has 1 fully saturated rings. The molecule has 1 saturated heterocycles. The Balaban J connectivity index is 1.79. The van der Waals surface area contributed by atoms with Crippen LogP contribution in [0, 0.1) is 12.3 Å². The van der Waals surface area contributed by atoms with Crippen LogP contribution in [0.3, 0.4) is 0 Å². The fourth-order valence-electron chi connectivity index (χ4n) is 2.68. The lowest BCUT2D eigenvalue weighted by Crippen LogP contribution is -2.55. The molecule has 0 aromatic heterocycles. The van der Waals surface area contributed by atoms with Gasteiger partial charge in [-0.1, -0.05) is 0 Å². The van der Waals surface area contributed by atoms with Crippen LogP contribution in [0.5, 0.6) is 0 Å². The Hall–Kier alpha value is -1.45. The summed E-state index contributed by atoms with van der Waals surface area (Å²) in [6.07, 6.45) is 9.22. The number of hydrogen-bond acceptors (Lipinski definition) is 5. The molecule has 0 atom stereocenters. The smallest absolute Gasteiger partial charge is 0.220 e. The third-order valence-corrected chi connectivity index (χ3v) is 4.08. The number of terminal acetylenes is 1. The van der Waals surface area contributed by atoms with Crippen LogP contribution in [-0.4, -0.2) is 44.0 Å². The molecule has 2 aliphatic heterocycles. The number of nitrogens with zero attached hydrogens (tertiary/aromatic N) is 2. The van der Waals surface area contributed by atoms with E-state index in [1.807, 2.05) is 0 Å². The van der Waals surface area contributed by atoms with Crippen molar-refractivity contribution >= 4 is 5.91 Å². The summed E-state index contributed by atoms with van der Waals surface area (Å²) in [6, 6.07) is 0. The summed E-state index contributed by atoms with van der Waals surface area (Å²) < 4.78 is 10.6. The first-order chi connectivity index (χ1) is 10.1. The number of methoxy groups -OCH3 is 1. The highest BCUT2D eigenvalue weighted by Gasteiger charge is 2.40. The highest BCUT2D eigenvalue weighted by Crippen LogP contribution is 2.37. The van der Waals surface area contributed by atoms with Gasteiger partial charge in [-0.15, -0.1) is 12.3 Å². The van der Waals surface area contributed by atoms with Gasteiger partial charge in [0.2, 0.25) is 5.91 Å². The first-order valence-corrected chi connectivity index (χ1v) is 7.39. The van der Waals surface area contributed by atoms with Crippen molar-refractivity contribution in [3.8, 4) is 12.3 Å². The van der Waals surface area contributed by atoms with E-state index in [9.17, 15) is 4.79 Å². The predicted octanol–water partition coefficient (Wildman–Crippen LogP) is 1.65. The summed E-state index contributed by atoms with van der Waals surface area (Å²) in [7, 11) is 1.65. The summed E-state index contributed by atoms with van der Waals surface area (Å²) in [6.45, 7) is 1.82. The van der Waals surface area contributed by atoms with E-state index in [0.29, 0.717) is 39.1 Å². The van der Waals surface area contributed by atoms with Crippen LogP contribution in [-0.2, 0) is 14.3 Å². The fourth-order valence-corrected chi connectivity index (χ4v) is 2.68. The van der Waals surface area contributed by atoms with Gasteiger partial charge in [0.25, 0.3) is 0 Å². The molecular weight excluding hydrogens is 270 g/mol. The van der Waals surface area contributed by atoms with Crippen molar-refractivity contribution in [2.75, 3.05) is 26.9 Å². The van der Waals surface area contributed by atoms with Gasteiger partial charge in [0.15, 0.2) is 5.66 Å². The highest BCUT2D eigenvalue weighted by molar-refractivity contribution is 5.77. The van der Waals surface area contributed by atoms with Crippen molar-refractivity contribution in [1.29, 1.82) is 0 Å². The van der Waals surface area contributed by atoms with Gasteiger partial charge in [-0.25, -0.2) is 0 Å². The van der Waals surface area contributed by atoms with Crippen LogP contribution < -0.4 is 5.32 Å². The van der Waals surface area contributed by atoms with E-state index in [-0.39, 0.29) is 11.4 Å². The number of ether oxygens (including phenoxy) is 2. The van der Waals surface area contributed by atoms with E-state index in [4.69, 9.17) is 15.9 Å². The molecule has 0 saturated carbocycles. The number of amides is 1. The summed E-state index contributed by atoms with van der Waals surface area (Å²) in [5.41, 5.74) is -0.693. The van der Waals surface area contributed by atoms with Gasteiger partial charge in [-0.3, -0.25) is 4.79 Å². The molecule has 0 aromatic carbocycles. The van der Waals surface area contributed by atoms with Crippen molar-refractivity contribution in [2.24, 2.45) is 10.2 Å². The van der Waals surface area contributed by atoms with Gasteiger partial charge in [-0.05, 0) is 12.8 Å². The largest absolute Gasteiger partial charge is 0.382 e. The standard InChI is InChI=1S/C15H23N3O3/c1-3-4-6-15(17-18-15)7-5-13(19)16-14(12-20-2)8-10-21-11-9-14/h1H,4-12H2,2H3,(H,16,19). The topological polar surface area (TPSA) is 72.3 Å². The second-order valence-electron chi connectivity index (χ2n) is 5.76. The lowest BCUT2D eigenvalue weighted by Gasteiger charge is -2.37. The van der Waals surface area contributed by atoms with Gasteiger partial charge in [-0.2, -0.15) is 10.2 Å². The van der Waals surface area contributed by atoms with Crippen LogP contribution in [0.15, 0.2) is 10.2 Å². The molecule has 2 heterocycles. The van der Waals surface area contributed by atoms with E-state index in [0.717, 1.165) is 19.3 Å². The first-order valence-electron chi connectivity index (χ1n) is 7.39. The summed E-state index contributed by atoms with van der Waals surface area (Å²) in [5, 5.41) is 11.2. The van der Waals surface area contributed by atoms with Gasteiger partial charge in [0, 0.05) is 46.0 Å². The monoisotopic (exact) mass is 293 g/mol. The number of carbonyl (C=O) groups is 1. The molecule has 1 N–H and O–H groups in total. The molecule has 6 nitrogen and oxygen atoms in total.